The van der Waals surface area contributed by atoms with E-state index in [4.69, 9.17) is 0 Å². The van der Waals surface area contributed by atoms with Crippen molar-refractivity contribution in [2.75, 3.05) is 7.05 Å². The van der Waals surface area contributed by atoms with Gasteiger partial charge in [-0.15, -0.1) is 11.3 Å². The summed E-state index contributed by atoms with van der Waals surface area (Å²) in [5.41, 5.74) is 1.10. The second-order valence-corrected chi connectivity index (χ2v) is 6.66. The Morgan fingerprint density at radius 3 is 2.67 bits per heavy atom. The lowest BCUT2D eigenvalue weighted by Gasteiger charge is -2.15. The summed E-state index contributed by atoms with van der Waals surface area (Å²) in [5.74, 6) is -0.217. The number of rotatable bonds is 4. The van der Waals surface area contributed by atoms with E-state index in [-0.39, 0.29) is 11.9 Å². The normalized spacial score (nSPS) is 12.7. The lowest BCUT2D eigenvalue weighted by atomic mass is 10.0. The summed E-state index contributed by atoms with van der Waals surface area (Å²) in [6.07, 6.45) is 0.824. The number of nitrogens with one attached hydrogen (secondary N) is 1. The third kappa shape index (κ3) is 3.41. The van der Waals surface area contributed by atoms with Crippen LogP contribution in [0.1, 0.15) is 16.5 Å². The van der Waals surface area contributed by atoms with Gasteiger partial charge in [0.25, 0.3) is 0 Å². The van der Waals surface area contributed by atoms with Crippen LogP contribution in [0.5, 0.6) is 0 Å². The van der Waals surface area contributed by atoms with Gasteiger partial charge in [-0.25, -0.2) is 4.39 Å². The average molecular weight is 393 g/mol. The van der Waals surface area contributed by atoms with Crippen molar-refractivity contribution in [1.29, 1.82) is 0 Å². The molecule has 1 aromatic heterocycles. The Kier molecular flexibility index (Phi) is 4.95. The molecule has 2 rings (SSSR count). The van der Waals surface area contributed by atoms with Gasteiger partial charge in [0.1, 0.15) is 5.82 Å². The minimum Gasteiger partial charge on any atom is -0.312 e. The third-order valence-corrected chi connectivity index (χ3v) is 5.26. The van der Waals surface area contributed by atoms with E-state index in [0.29, 0.717) is 0 Å². The lowest BCUT2D eigenvalue weighted by Crippen LogP contribution is -2.17. The number of thiophene rings is 1. The second kappa shape index (κ2) is 6.28. The molecule has 0 saturated heterocycles. The quantitative estimate of drug-likeness (QED) is 0.778. The zero-order valence-electron chi connectivity index (χ0n) is 9.71. The number of halogens is 3. The van der Waals surface area contributed by atoms with Crippen molar-refractivity contribution in [1.82, 2.24) is 5.32 Å². The van der Waals surface area contributed by atoms with Crippen molar-refractivity contribution in [3.8, 4) is 0 Å². The molecule has 0 fully saturated rings. The summed E-state index contributed by atoms with van der Waals surface area (Å²) in [4.78, 5) is 1.26. The second-order valence-electron chi connectivity index (χ2n) is 3.95. The van der Waals surface area contributed by atoms with Gasteiger partial charge in [0.05, 0.1) is 0 Å². The van der Waals surface area contributed by atoms with Crippen molar-refractivity contribution >= 4 is 43.2 Å². The molecule has 18 heavy (non-hydrogen) atoms. The molecule has 1 N–H and O–H groups in total. The molecule has 0 bridgehead atoms. The monoisotopic (exact) mass is 391 g/mol. The molecule has 1 atom stereocenters. The van der Waals surface area contributed by atoms with Crippen molar-refractivity contribution in [2.24, 2.45) is 0 Å². The maximum absolute atomic E-state index is 13.0. The first-order valence-electron chi connectivity index (χ1n) is 5.45. The molecule has 0 amide bonds. The molecule has 0 spiro atoms. The van der Waals surface area contributed by atoms with Gasteiger partial charge < -0.3 is 5.32 Å². The highest BCUT2D eigenvalue weighted by Gasteiger charge is 2.14. The van der Waals surface area contributed by atoms with Crippen LogP contribution < -0.4 is 5.32 Å². The fourth-order valence-corrected chi connectivity index (χ4v) is 3.83. The molecule has 0 saturated carbocycles. The van der Waals surface area contributed by atoms with Crippen molar-refractivity contribution < 1.29 is 4.39 Å². The molecular formula is C13H12Br2FNS. The molecule has 96 valence electrons. The smallest absolute Gasteiger partial charge is 0.124 e. The summed E-state index contributed by atoms with van der Waals surface area (Å²) >= 11 is 8.58. The number of likely N-dealkylation sites (N-methyl/N-ethyl adjacent to an activating group) is 1. The van der Waals surface area contributed by atoms with Crippen LogP contribution in [0.25, 0.3) is 0 Å². The maximum atomic E-state index is 13.0. The van der Waals surface area contributed by atoms with Gasteiger partial charge in [0.15, 0.2) is 0 Å². The molecular weight excluding hydrogens is 381 g/mol. The molecule has 0 aliphatic heterocycles. The fourth-order valence-electron chi connectivity index (χ4n) is 1.76. The first-order valence-corrected chi connectivity index (χ1v) is 7.92. The van der Waals surface area contributed by atoms with Crippen LogP contribution in [-0.4, -0.2) is 7.05 Å². The number of benzene rings is 1. The van der Waals surface area contributed by atoms with Crippen LogP contribution >= 0.6 is 43.2 Å². The van der Waals surface area contributed by atoms with Crippen molar-refractivity contribution in [3.05, 3.63) is 54.8 Å². The third-order valence-electron chi connectivity index (χ3n) is 2.72. The first kappa shape index (κ1) is 14.2. The van der Waals surface area contributed by atoms with Gasteiger partial charge in [0.2, 0.25) is 0 Å². The topological polar surface area (TPSA) is 12.0 Å². The Bertz CT molecular complexity index is 542. The van der Waals surface area contributed by atoms with Crippen molar-refractivity contribution in [2.45, 2.75) is 12.5 Å². The zero-order valence-corrected chi connectivity index (χ0v) is 13.7. The van der Waals surface area contributed by atoms with E-state index >= 15 is 0 Å². The Morgan fingerprint density at radius 1 is 1.33 bits per heavy atom. The van der Waals surface area contributed by atoms with Gasteiger partial charge in [-0.2, -0.15) is 0 Å². The van der Waals surface area contributed by atoms with Gasteiger partial charge in [-0.1, -0.05) is 22.0 Å². The van der Waals surface area contributed by atoms with Gasteiger partial charge in [-0.3, -0.25) is 0 Å². The molecule has 0 aliphatic carbocycles. The number of hydrogen-bond acceptors (Lipinski definition) is 2. The molecule has 1 heterocycles. The first-order chi connectivity index (χ1) is 8.60. The largest absolute Gasteiger partial charge is 0.312 e. The molecule has 1 unspecified atom stereocenters. The van der Waals surface area contributed by atoms with Gasteiger partial charge >= 0.3 is 0 Å². The van der Waals surface area contributed by atoms with E-state index in [1.165, 1.54) is 17.0 Å². The predicted octanol–water partition coefficient (Wildman–Crippen LogP) is 4.92. The standard InChI is InChI=1S/C13H12Br2FNS/c1-17-12(13-5-9(14)7-18-13)4-8-2-3-10(16)6-11(8)15/h2-3,5-7,12,17H,4H2,1H3. The van der Waals surface area contributed by atoms with E-state index in [1.54, 1.807) is 11.3 Å². The highest BCUT2D eigenvalue weighted by atomic mass is 79.9. The Hall–Kier alpha value is -0.230. The highest BCUT2D eigenvalue weighted by molar-refractivity contribution is 9.10. The van der Waals surface area contributed by atoms with Crippen LogP contribution in [0.15, 0.2) is 38.6 Å². The van der Waals surface area contributed by atoms with Crippen molar-refractivity contribution in [3.63, 3.8) is 0 Å². The molecule has 5 heteroatoms. The molecule has 1 aromatic carbocycles. The minimum atomic E-state index is -0.217. The average Bonchev–Trinajstić information content (AvgIpc) is 2.75. The minimum absolute atomic E-state index is 0.217. The predicted molar refractivity (Wildman–Crippen MR) is 81.6 cm³/mol. The summed E-state index contributed by atoms with van der Waals surface area (Å²) in [7, 11) is 1.94. The van der Waals surface area contributed by atoms with Crippen LogP contribution in [0.4, 0.5) is 4.39 Å². The Balaban J connectivity index is 2.20. The zero-order chi connectivity index (χ0) is 13.1. The van der Waals surface area contributed by atoms with Gasteiger partial charge in [0, 0.05) is 25.2 Å². The van der Waals surface area contributed by atoms with Crippen LogP contribution in [0.3, 0.4) is 0 Å². The summed E-state index contributed by atoms with van der Waals surface area (Å²) in [6.45, 7) is 0. The lowest BCUT2D eigenvalue weighted by molar-refractivity contribution is 0.596. The fraction of sp³-hybridized carbons (Fsp3) is 0.231. The van der Waals surface area contributed by atoms with Crippen LogP contribution in [-0.2, 0) is 6.42 Å². The SMILES string of the molecule is CNC(Cc1ccc(F)cc1Br)c1cc(Br)cs1. The Morgan fingerprint density at radius 2 is 2.11 bits per heavy atom. The van der Waals surface area contributed by atoms with Crippen LogP contribution in [0, 0.1) is 5.82 Å². The van der Waals surface area contributed by atoms with Gasteiger partial charge in [-0.05, 0) is 53.2 Å². The molecule has 1 nitrogen and oxygen atoms in total. The van der Waals surface area contributed by atoms with E-state index in [0.717, 1.165) is 20.9 Å². The van der Waals surface area contributed by atoms with Crippen LogP contribution in [0.2, 0.25) is 0 Å². The molecule has 2 aromatic rings. The summed E-state index contributed by atoms with van der Waals surface area (Å²) in [5, 5.41) is 5.37. The number of hydrogen-bond donors (Lipinski definition) is 1. The molecule has 0 aliphatic rings. The van der Waals surface area contributed by atoms with E-state index in [9.17, 15) is 4.39 Å². The molecule has 0 radical (unpaired) electrons. The van der Waals surface area contributed by atoms with E-state index < -0.39 is 0 Å². The summed E-state index contributed by atoms with van der Waals surface area (Å²) < 4.78 is 15.0. The highest BCUT2D eigenvalue weighted by Crippen LogP contribution is 2.29. The van der Waals surface area contributed by atoms with E-state index in [1.807, 2.05) is 13.1 Å². The van der Waals surface area contributed by atoms with E-state index in [2.05, 4.69) is 48.6 Å². The summed E-state index contributed by atoms with van der Waals surface area (Å²) in [6, 6.07) is 7.18. The Labute approximate surface area is 127 Å². The maximum Gasteiger partial charge on any atom is 0.124 e.